The molecule has 4 fully saturated rings. The maximum absolute atomic E-state index is 13.1. The average molecular weight is 381 g/mol. The normalized spacial score (nSPS) is 35.5. The van der Waals surface area contributed by atoms with Gasteiger partial charge in [0.25, 0.3) is 12.1 Å². The van der Waals surface area contributed by atoms with E-state index in [4.69, 9.17) is 4.74 Å². The number of carbonyl (C=O) groups excluding carboxylic acids is 2. The molecule has 148 valence electrons. The van der Waals surface area contributed by atoms with Gasteiger partial charge in [-0.3, -0.25) is 9.59 Å². The van der Waals surface area contributed by atoms with Gasteiger partial charge in [0.2, 0.25) is 11.8 Å². The number of benzene rings is 1. The molecule has 1 atom stereocenters. The molecule has 6 nitrogen and oxygen atoms in total. The van der Waals surface area contributed by atoms with Gasteiger partial charge in [0, 0.05) is 12.5 Å². The van der Waals surface area contributed by atoms with E-state index in [-0.39, 0.29) is 17.4 Å². The fourth-order valence-electron chi connectivity index (χ4n) is 6.21. The number of ether oxygens (including phenoxy) is 1. The van der Waals surface area contributed by atoms with Gasteiger partial charge in [-0.15, -0.1) is 5.10 Å². The molecular formula is C22H27N3O3. The van der Waals surface area contributed by atoms with E-state index in [0.717, 1.165) is 42.6 Å². The minimum Gasteiger partial charge on any atom is -0.444 e. The Labute approximate surface area is 165 Å². The van der Waals surface area contributed by atoms with Crippen molar-refractivity contribution in [3.05, 3.63) is 35.9 Å². The number of carbonyl (C=O) groups is 2. The zero-order valence-corrected chi connectivity index (χ0v) is 16.3. The molecule has 1 aromatic carbocycles. The molecule has 2 amide bonds. The molecule has 28 heavy (non-hydrogen) atoms. The Balaban J connectivity index is 1.30. The van der Waals surface area contributed by atoms with E-state index in [1.54, 1.807) is 0 Å². The maximum atomic E-state index is 13.1. The van der Waals surface area contributed by atoms with Crippen LogP contribution < -0.4 is 5.32 Å². The van der Waals surface area contributed by atoms with Crippen LogP contribution in [0.15, 0.2) is 35.4 Å². The molecule has 1 unspecified atom stereocenters. The van der Waals surface area contributed by atoms with Crippen molar-refractivity contribution in [1.29, 1.82) is 0 Å². The Morgan fingerprint density at radius 2 is 1.71 bits per heavy atom. The van der Waals surface area contributed by atoms with Crippen molar-refractivity contribution >= 4 is 17.7 Å². The summed E-state index contributed by atoms with van der Waals surface area (Å²) >= 11 is 0. The Bertz CT molecular complexity index is 784. The fourth-order valence-corrected chi connectivity index (χ4v) is 6.21. The van der Waals surface area contributed by atoms with Gasteiger partial charge in [-0.2, -0.15) is 5.01 Å². The molecule has 6 rings (SSSR count). The van der Waals surface area contributed by atoms with E-state index in [1.807, 2.05) is 30.3 Å². The molecule has 0 saturated heterocycles. The summed E-state index contributed by atoms with van der Waals surface area (Å²) < 4.78 is 5.86. The van der Waals surface area contributed by atoms with Crippen LogP contribution in [0.5, 0.6) is 0 Å². The van der Waals surface area contributed by atoms with Crippen molar-refractivity contribution in [3.8, 4) is 0 Å². The van der Waals surface area contributed by atoms with Gasteiger partial charge < -0.3 is 10.1 Å². The zero-order chi connectivity index (χ0) is 19.3. The summed E-state index contributed by atoms with van der Waals surface area (Å²) in [6.07, 6.45) is 6.62. The summed E-state index contributed by atoms with van der Waals surface area (Å²) in [5, 5.41) is 8.79. The number of rotatable bonds is 4. The van der Waals surface area contributed by atoms with Crippen LogP contribution in [0.3, 0.4) is 0 Å². The summed E-state index contributed by atoms with van der Waals surface area (Å²) in [5.74, 6) is 2.12. The highest BCUT2D eigenvalue weighted by Gasteiger charge is 2.52. The largest absolute Gasteiger partial charge is 0.444 e. The average Bonchev–Trinajstić information content (AvgIpc) is 3.05. The predicted molar refractivity (Wildman–Crippen MR) is 104 cm³/mol. The van der Waals surface area contributed by atoms with Crippen molar-refractivity contribution in [2.24, 2.45) is 22.9 Å². The summed E-state index contributed by atoms with van der Waals surface area (Å²) in [5.41, 5.74) is 0.923. The number of hydrogen-bond donors (Lipinski definition) is 1. The van der Waals surface area contributed by atoms with Crippen LogP contribution in [0, 0.1) is 17.8 Å². The number of hydrogen-bond acceptors (Lipinski definition) is 4. The summed E-state index contributed by atoms with van der Waals surface area (Å²) in [4.78, 5) is 25.2. The third-order valence-corrected chi connectivity index (χ3v) is 6.86. The second-order valence-corrected chi connectivity index (χ2v) is 9.18. The van der Waals surface area contributed by atoms with Gasteiger partial charge in [0.1, 0.15) is 0 Å². The van der Waals surface area contributed by atoms with Crippen molar-refractivity contribution < 1.29 is 14.3 Å². The van der Waals surface area contributed by atoms with Gasteiger partial charge in [-0.25, -0.2) is 0 Å². The van der Waals surface area contributed by atoms with E-state index in [1.165, 1.54) is 31.2 Å². The van der Waals surface area contributed by atoms with Gasteiger partial charge >= 0.3 is 0 Å². The predicted octanol–water partition coefficient (Wildman–Crippen LogP) is 2.83. The lowest BCUT2D eigenvalue weighted by Crippen LogP contribution is -2.62. The SMILES string of the molecule is CC(=O)N1N=C(Cc2ccccc2)OC1C(=O)NC12CC3CC(CC(C3)C1)C2. The molecule has 1 aliphatic heterocycles. The number of nitrogens with one attached hydrogen (secondary N) is 1. The Morgan fingerprint density at radius 1 is 1.11 bits per heavy atom. The van der Waals surface area contributed by atoms with Crippen LogP contribution in [0.1, 0.15) is 51.0 Å². The molecule has 6 heteroatoms. The molecule has 0 aromatic heterocycles. The highest BCUT2D eigenvalue weighted by Crippen LogP contribution is 2.55. The lowest BCUT2D eigenvalue weighted by molar-refractivity contribution is -0.150. The molecular weight excluding hydrogens is 354 g/mol. The molecule has 1 aromatic rings. The van der Waals surface area contributed by atoms with E-state index in [9.17, 15) is 9.59 Å². The Morgan fingerprint density at radius 3 is 2.29 bits per heavy atom. The Hall–Kier alpha value is -2.37. The van der Waals surface area contributed by atoms with Crippen molar-refractivity contribution in [3.63, 3.8) is 0 Å². The molecule has 0 spiro atoms. The van der Waals surface area contributed by atoms with Crippen LogP contribution >= 0.6 is 0 Å². The van der Waals surface area contributed by atoms with Crippen molar-refractivity contribution in [1.82, 2.24) is 10.3 Å². The lowest BCUT2D eigenvalue weighted by Gasteiger charge is -2.57. The third-order valence-electron chi connectivity index (χ3n) is 6.86. The number of nitrogens with zero attached hydrogens (tertiary/aromatic N) is 2. The first-order valence-corrected chi connectivity index (χ1v) is 10.4. The minimum absolute atomic E-state index is 0.111. The standard InChI is InChI=1S/C22H27N3O3/c1-14(26)25-21(28-19(24-25)10-15-5-3-2-4-6-15)20(27)23-22-11-16-7-17(12-22)9-18(8-16)13-22/h2-6,16-18,21H,7-13H2,1H3,(H,23,27). The first-order chi connectivity index (χ1) is 13.5. The molecule has 1 heterocycles. The van der Waals surface area contributed by atoms with Crippen LogP contribution in [-0.2, 0) is 20.7 Å². The maximum Gasteiger partial charge on any atom is 0.285 e. The van der Waals surface area contributed by atoms with Gasteiger partial charge in [-0.05, 0) is 61.8 Å². The molecule has 4 saturated carbocycles. The quantitative estimate of drug-likeness (QED) is 0.872. The van der Waals surface area contributed by atoms with Gasteiger partial charge in [0.05, 0.1) is 6.42 Å². The Kier molecular flexibility index (Phi) is 4.18. The lowest BCUT2D eigenvalue weighted by atomic mass is 9.53. The molecule has 0 radical (unpaired) electrons. The summed E-state index contributed by atoms with van der Waals surface area (Å²) in [6, 6.07) is 9.81. The highest BCUT2D eigenvalue weighted by molar-refractivity contribution is 5.92. The van der Waals surface area contributed by atoms with Crippen LogP contribution in [0.4, 0.5) is 0 Å². The van der Waals surface area contributed by atoms with Crippen molar-refractivity contribution in [2.45, 2.75) is 63.6 Å². The molecule has 4 aliphatic carbocycles. The topological polar surface area (TPSA) is 71.0 Å². The number of hydrazone groups is 1. The van der Waals surface area contributed by atoms with Crippen molar-refractivity contribution in [2.75, 3.05) is 0 Å². The zero-order valence-electron chi connectivity index (χ0n) is 16.3. The molecule has 4 bridgehead atoms. The van der Waals surface area contributed by atoms with Crippen LogP contribution in [0.25, 0.3) is 0 Å². The van der Waals surface area contributed by atoms with E-state index < -0.39 is 6.23 Å². The smallest absolute Gasteiger partial charge is 0.285 e. The van der Waals surface area contributed by atoms with E-state index >= 15 is 0 Å². The van der Waals surface area contributed by atoms with Gasteiger partial charge in [-0.1, -0.05) is 30.3 Å². The summed E-state index contributed by atoms with van der Waals surface area (Å²) in [7, 11) is 0. The second-order valence-electron chi connectivity index (χ2n) is 9.18. The fraction of sp³-hybridized carbons (Fsp3) is 0.591. The third kappa shape index (κ3) is 3.19. The first kappa shape index (κ1) is 17.7. The molecule has 5 aliphatic rings. The monoisotopic (exact) mass is 381 g/mol. The molecule has 1 N–H and O–H groups in total. The van der Waals surface area contributed by atoms with E-state index in [0.29, 0.717) is 12.3 Å². The number of amides is 2. The summed E-state index contributed by atoms with van der Waals surface area (Å²) in [6.45, 7) is 1.42. The first-order valence-electron chi connectivity index (χ1n) is 10.4. The highest BCUT2D eigenvalue weighted by atomic mass is 16.5. The van der Waals surface area contributed by atoms with E-state index in [2.05, 4.69) is 10.4 Å². The van der Waals surface area contributed by atoms with Crippen LogP contribution in [0.2, 0.25) is 0 Å². The van der Waals surface area contributed by atoms with Gasteiger partial charge in [0.15, 0.2) is 0 Å². The second kappa shape index (κ2) is 6.61. The van der Waals surface area contributed by atoms with Crippen LogP contribution in [-0.4, -0.2) is 34.5 Å². The minimum atomic E-state index is -0.996.